The fraction of sp³-hybridized carbons (Fsp3) is 0.696. The monoisotopic (exact) mass is 657 g/mol. The van der Waals surface area contributed by atoms with Gasteiger partial charge in [-0.15, -0.1) is 0 Å². The molecule has 0 amide bonds. The van der Waals surface area contributed by atoms with Crippen LogP contribution in [0.25, 0.3) is 0 Å². The first-order valence-corrected chi connectivity index (χ1v) is 21.0. The number of aryl methyl sites for hydroxylation is 2. The number of unbranched alkanes of at least 4 members (excludes halogenated alkanes) is 21. The van der Waals surface area contributed by atoms with Gasteiger partial charge in [0.25, 0.3) is 0 Å². The summed E-state index contributed by atoms with van der Waals surface area (Å²) in [5.74, 6) is 0. The second-order valence-corrected chi connectivity index (χ2v) is 14.5. The third-order valence-electron chi connectivity index (χ3n) is 9.97. The van der Waals surface area contributed by atoms with Crippen molar-refractivity contribution in [3.05, 3.63) is 59.7 Å². The first-order chi connectivity index (χ1) is 23.7. The van der Waals surface area contributed by atoms with Gasteiger partial charge in [-0.1, -0.05) is 187 Å². The molecule has 2 heteroatoms. The van der Waals surface area contributed by atoms with Crippen molar-refractivity contribution >= 4 is 22.8 Å². The van der Waals surface area contributed by atoms with E-state index in [4.69, 9.17) is 9.98 Å². The summed E-state index contributed by atoms with van der Waals surface area (Å²) in [7, 11) is 0. The zero-order chi connectivity index (χ0) is 34.3. The Morgan fingerprint density at radius 3 is 1.02 bits per heavy atom. The zero-order valence-corrected chi connectivity index (χ0v) is 32.3. The topological polar surface area (TPSA) is 24.7 Å². The molecule has 0 heterocycles. The summed E-state index contributed by atoms with van der Waals surface area (Å²) in [4.78, 5) is 10.4. The molecule has 2 nitrogen and oxygen atoms in total. The predicted molar refractivity (Wildman–Crippen MR) is 217 cm³/mol. The van der Waals surface area contributed by atoms with E-state index in [1.807, 2.05) is 0 Å². The van der Waals surface area contributed by atoms with Crippen molar-refractivity contribution in [1.29, 1.82) is 0 Å². The highest BCUT2D eigenvalue weighted by Crippen LogP contribution is 2.21. The summed E-state index contributed by atoms with van der Waals surface area (Å²) in [5, 5.41) is 0. The number of hydrogen-bond donors (Lipinski definition) is 0. The minimum Gasteiger partial charge on any atom is -0.252 e. The minimum atomic E-state index is 0.907. The van der Waals surface area contributed by atoms with Crippen LogP contribution < -0.4 is 0 Å². The van der Waals surface area contributed by atoms with Crippen molar-refractivity contribution in [1.82, 2.24) is 0 Å². The quantitative estimate of drug-likeness (QED) is 0.0570. The van der Waals surface area contributed by atoms with E-state index in [2.05, 4.69) is 76.2 Å². The van der Waals surface area contributed by atoms with Gasteiger partial charge in [-0.2, -0.15) is 0 Å². The number of benzene rings is 2. The maximum Gasteiger partial charge on any atom is 0.0633 e. The Morgan fingerprint density at radius 1 is 0.354 bits per heavy atom. The number of hydrogen-bond acceptors (Lipinski definition) is 2. The van der Waals surface area contributed by atoms with Gasteiger partial charge in [0.2, 0.25) is 0 Å². The first-order valence-electron chi connectivity index (χ1n) is 21.0. The van der Waals surface area contributed by atoms with Crippen molar-refractivity contribution in [2.45, 2.75) is 207 Å². The lowest BCUT2D eigenvalue weighted by Gasteiger charge is -2.11. The van der Waals surface area contributed by atoms with Crippen molar-refractivity contribution in [2.75, 3.05) is 0 Å². The third kappa shape index (κ3) is 21.0. The van der Waals surface area contributed by atoms with Crippen LogP contribution in [0.4, 0.5) is 11.4 Å². The van der Waals surface area contributed by atoms with E-state index < -0.39 is 0 Å². The van der Waals surface area contributed by atoms with Crippen LogP contribution in [0.3, 0.4) is 0 Å². The summed E-state index contributed by atoms with van der Waals surface area (Å²) in [6.07, 6.45) is 37.1. The SMILES string of the molecule is CCCCCCCCCCCCc1ccc(N=C(CC)C(CCCCCC)=Nc2ccc(CCCCCCCCCCCC)cc2)cc1. The lowest BCUT2D eigenvalue weighted by atomic mass is 10.0. The average molecular weight is 657 g/mol. The molecule has 48 heavy (non-hydrogen) atoms. The van der Waals surface area contributed by atoms with Crippen LogP contribution in [0, 0.1) is 0 Å². The lowest BCUT2D eigenvalue weighted by molar-refractivity contribution is 0.556. The van der Waals surface area contributed by atoms with Crippen LogP contribution in [0.15, 0.2) is 58.5 Å². The van der Waals surface area contributed by atoms with E-state index in [1.165, 1.54) is 184 Å². The molecule has 2 aromatic carbocycles. The molecule has 0 N–H and O–H groups in total. The van der Waals surface area contributed by atoms with E-state index in [9.17, 15) is 0 Å². The molecular formula is C46H76N2. The van der Waals surface area contributed by atoms with Crippen molar-refractivity contribution in [3.63, 3.8) is 0 Å². The van der Waals surface area contributed by atoms with Gasteiger partial charge in [-0.3, -0.25) is 9.98 Å². The molecule has 0 saturated carbocycles. The number of aliphatic imine (C=N–C) groups is 2. The van der Waals surface area contributed by atoms with Crippen LogP contribution >= 0.6 is 0 Å². The fourth-order valence-electron chi connectivity index (χ4n) is 6.75. The van der Waals surface area contributed by atoms with E-state index in [-0.39, 0.29) is 0 Å². The second-order valence-electron chi connectivity index (χ2n) is 14.5. The molecule has 0 aliphatic heterocycles. The molecule has 0 unspecified atom stereocenters. The van der Waals surface area contributed by atoms with E-state index in [1.54, 1.807) is 0 Å². The Morgan fingerprint density at radius 2 is 0.667 bits per heavy atom. The summed E-state index contributed by atoms with van der Waals surface area (Å²) in [5.41, 5.74) is 7.33. The first kappa shape index (κ1) is 41.9. The molecule has 2 rings (SSSR count). The second kappa shape index (κ2) is 29.7. The van der Waals surface area contributed by atoms with E-state index in [0.29, 0.717) is 0 Å². The van der Waals surface area contributed by atoms with Crippen molar-refractivity contribution in [2.24, 2.45) is 9.98 Å². The lowest BCUT2D eigenvalue weighted by Crippen LogP contribution is -2.13. The molecular weight excluding hydrogens is 581 g/mol. The summed E-state index contributed by atoms with van der Waals surface area (Å²) in [6, 6.07) is 18.1. The maximum absolute atomic E-state index is 5.21. The van der Waals surface area contributed by atoms with E-state index >= 15 is 0 Å². The van der Waals surface area contributed by atoms with Crippen molar-refractivity contribution < 1.29 is 0 Å². The van der Waals surface area contributed by atoms with Gasteiger partial charge < -0.3 is 0 Å². The molecule has 0 saturated heterocycles. The normalized spacial score (nSPS) is 12.2. The highest BCUT2D eigenvalue weighted by molar-refractivity contribution is 6.43. The van der Waals surface area contributed by atoms with Gasteiger partial charge >= 0.3 is 0 Å². The molecule has 0 spiro atoms. The summed E-state index contributed by atoms with van der Waals surface area (Å²) >= 11 is 0. The Bertz CT molecular complexity index is 1060. The molecule has 270 valence electrons. The molecule has 0 bridgehead atoms. The predicted octanol–water partition coefficient (Wildman–Crippen LogP) is 15.8. The van der Waals surface area contributed by atoms with Gasteiger partial charge in [-0.25, -0.2) is 0 Å². The smallest absolute Gasteiger partial charge is 0.0633 e. The van der Waals surface area contributed by atoms with Crippen LogP contribution in [-0.2, 0) is 12.8 Å². The number of rotatable bonds is 31. The van der Waals surface area contributed by atoms with Crippen LogP contribution in [0.1, 0.15) is 206 Å². The largest absolute Gasteiger partial charge is 0.252 e. The summed E-state index contributed by atoms with van der Waals surface area (Å²) in [6.45, 7) is 9.11. The molecule has 0 fully saturated rings. The maximum atomic E-state index is 5.21. The van der Waals surface area contributed by atoms with Crippen LogP contribution in [0.2, 0.25) is 0 Å². The van der Waals surface area contributed by atoms with Gasteiger partial charge in [-0.05, 0) is 80.3 Å². The van der Waals surface area contributed by atoms with Gasteiger partial charge in [0.05, 0.1) is 22.8 Å². The molecule has 0 atom stereocenters. The van der Waals surface area contributed by atoms with Gasteiger partial charge in [0.15, 0.2) is 0 Å². The van der Waals surface area contributed by atoms with Gasteiger partial charge in [0.1, 0.15) is 0 Å². The number of nitrogens with zero attached hydrogens (tertiary/aromatic N) is 2. The Labute approximate surface area is 299 Å². The third-order valence-corrected chi connectivity index (χ3v) is 9.97. The molecule has 0 radical (unpaired) electrons. The highest BCUT2D eigenvalue weighted by Gasteiger charge is 2.09. The molecule has 0 aliphatic carbocycles. The molecule has 2 aromatic rings. The Kier molecular flexibility index (Phi) is 25.9. The Balaban J connectivity index is 1.86. The molecule has 0 aliphatic rings. The van der Waals surface area contributed by atoms with Crippen LogP contribution in [0.5, 0.6) is 0 Å². The van der Waals surface area contributed by atoms with Crippen LogP contribution in [-0.4, -0.2) is 11.4 Å². The van der Waals surface area contributed by atoms with Crippen molar-refractivity contribution in [3.8, 4) is 0 Å². The standard InChI is InChI=1S/C46H76N2/c1-5-9-12-15-17-19-21-23-25-27-30-41-33-37-43(38-34-41)47-45(8-4)46(32-29-14-11-7-3)48-44-39-35-42(36-40-44)31-28-26-24-22-20-18-16-13-10-6-2/h33-40H,5-32H2,1-4H3. The van der Waals surface area contributed by atoms with E-state index in [0.717, 1.165) is 29.9 Å². The average Bonchev–Trinajstić information content (AvgIpc) is 3.11. The Hall–Kier alpha value is -2.22. The highest BCUT2D eigenvalue weighted by atomic mass is 14.8. The van der Waals surface area contributed by atoms with Gasteiger partial charge in [0, 0.05) is 0 Å². The zero-order valence-electron chi connectivity index (χ0n) is 32.3. The summed E-state index contributed by atoms with van der Waals surface area (Å²) < 4.78 is 0. The fourth-order valence-corrected chi connectivity index (χ4v) is 6.75. The molecule has 0 aromatic heterocycles. The minimum absolute atomic E-state index is 0.907.